The predicted molar refractivity (Wildman–Crippen MR) is 133 cm³/mol. The van der Waals surface area contributed by atoms with Crippen LogP contribution in [0.1, 0.15) is 29.7 Å². The first kappa shape index (κ1) is 26.9. The summed E-state index contributed by atoms with van der Waals surface area (Å²) in [6.45, 7) is 0.369. The molecular weight excluding hydrogens is 510 g/mol. The fraction of sp³-hybridized carbons (Fsp3) is 0.185. The molecule has 0 saturated carbocycles. The minimum Gasteiger partial charge on any atom is -0.481 e. The van der Waals surface area contributed by atoms with Gasteiger partial charge in [0.1, 0.15) is 6.61 Å². The quantitative estimate of drug-likeness (QED) is 0.227. The first-order chi connectivity index (χ1) is 18.7. The molecule has 0 spiro atoms. The average Bonchev–Trinajstić information content (AvgIpc) is 3.36. The zero-order chi connectivity index (χ0) is 27.8. The van der Waals surface area contributed by atoms with Crippen LogP contribution in [0.2, 0.25) is 0 Å². The summed E-state index contributed by atoms with van der Waals surface area (Å²) >= 11 is 0. The molecule has 3 aromatic heterocycles. The Labute approximate surface area is 221 Å². The topological polar surface area (TPSA) is 182 Å². The molecule has 200 valence electrons. The fourth-order valence-corrected chi connectivity index (χ4v) is 3.58. The SMILES string of the molecule is O=C(O)CC(O)(CC(=O)Oc1ncccc1-c1cc(Cc2ccc(COc3ccccn3)cc2)no1)C(=O)O. The van der Waals surface area contributed by atoms with Crippen LogP contribution in [0.15, 0.2) is 77.6 Å². The van der Waals surface area contributed by atoms with Crippen molar-refractivity contribution >= 4 is 17.9 Å². The van der Waals surface area contributed by atoms with E-state index in [0.717, 1.165) is 11.1 Å². The van der Waals surface area contributed by atoms with Crippen LogP contribution in [-0.4, -0.2) is 54.0 Å². The van der Waals surface area contributed by atoms with Crippen LogP contribution in [0.5, 0.6) is 11.8 Å². The summed E-state index contributed by atoms with van der Waals surface area (Å²) in [5, 5.41) is 32.2. The summed E-state index contributed by atoms with van der Waals surface area (Å²) in [7, 11) is 0. The van der Waals surface area contributed by atoms with Crippen molar-refractivity contribution in [3.63, 3.8) is 0 Å². The number of hydrogen-bond acceptors (Lipinski definition) is 10. The number of esters is 1. The zero-order valence-corrected chi connectivity index (χ0v) is 20.4. The molecule has 3 heterocycles. The molecule has 4 rings (SSSR count). The lowest BCUT2D eigenvalue weighted by atomic mass is 9.96. The summed E-state index contributed by atoms with van der Waals surface area (Å²) in [5.74, 6) is -4.08. The van der Waals surface area contributed by atoms with E-state index in [4.69, 9.17) is 19.1 Å². The van der Waals surface area contributed by atoms with Crippen molar-refractivity contribution in [2.45, 2.75) is 31.5 Å². The molecule has 12 heteroatoms. The minimum atomic E-state index is -2.84. The first-order valence-corrected chi connectivity index (χ1v) is 11.6. The molecule has 0 amide bonds. The number of nitrogens with zero attached hydrogens (tertiary/aromatic N) is 3. The smallest absolute Gasteiger partial charge is 0.336 e. The number of carbonyl (C=O) groups excluding carboxylic acids is 1. The number of carboxylic acids is 2. The highest BCUT2D eigenvalue weighted by atomic mass is 16.5. The van der Waals surface area contributed by atoms with E-state index < -0.39 is 36.4 Å². The van der Waals surface area contributed by atoms with Crippen LogP contribution >= 0.6 is 0 Å². The lowest BCUT2D eigenvalue weighted by Crippen LogP contribution is -2.43. The van der Waals surface area contributed by atoms with Gasteiger partial charge in [-0.05, 0) is 29.3 Å². The zero-order valence-electron chi connectivity index (χ0n) is 20.4. The van der Waals surface area contributed by atoms with Crippen molar-refractivity contribution < 1.29 is 43.7 Å². The standard InChI is InChI=1S/C27H23N3O9/c31-23(32)14-27(36,26(34)35)15-24(33)38-25-20(4-3-11-29-25)21-13-19(30-39-21)12-17-6-8-18(9-7-17)16-37-22-5-1-2-10-28-22/h1-11,13,36H,12,14-16H2,(H,31,32)(H,34,35). The summed E-state index contributed by atoms with van der Waals surface area (Å²) in [4.78, 5) is 42.7. The normalized spacial score (nSPS) is 12.3. The maximum Gasteiger partial charge on any atom is 0.336 e. The molecule has 0 aliphatic carbocycles. The number of aliphatic carboxylic acids is 2. The minimum absolute atomic E-state index is 0.217. The van der Waals surface area contributed by atoms with Gasteiger partial charge in [-0.3, -0.25) is 9.59 Å². The Kier molecular flexibility index (Phi) is 8.27. The van der Waals surface area contributed by atoms with Crippen molar-refractivity contribution in [2.75, 3.05) is 0 Å². The number of rotatable bonds is 12. The van der Waals surface area contributed by atoms with E-state index in [1.807, 2.05) is 36.4 Å². The Morgan fingerprint density at radius 2 is 1.64 bits per heavy atom. The Bertz CT molecular complexity index is 1450. The summed E-state index contributed by atoms with van der Waals surface area (Å²) < 4.78 is 16.2. The van der Waals surface area contributed by atoms with Crippen LogP contribution in [0.3, 0.4) is 0 Å². The molecule has 0 radical (unpaired) electrons. The molecule has 1 unspecified atom stereocenters. The molecule has 3 N–H and O–H groups in total. The second-order valence-corrected chi connectivity index (χ2v) is 8.55. The highest BCUT2D eigenvalue weighted by Crippen LogP contribution is 2.30. The molecule has 1 aromatic carbocycles. The lowest BCUT2D eigenvalue weighted by Gasteiger charge is -2.20. The second-order valence-electron chi connectivity index (χ2n) is 8.55. The van der Waals surface area contributed by atoms with Gasteiger partial charge in [0.05, 0.1) is 24.1 Å². The molecule has 12 nitrogen and oxygen atoms in total. The van der Waals surface area contributed by atoms with Crippen molar-refractivity contribution in [3.8, 4) is 23.1 Å². The second kappa shape index (κ2) is 12.0. The number of hydrogen-bond donors (Lipinski definition) is 3. The van der Waals surface area contributed by atoms with Crippen molar-refractivity contribution in [1.29, 1.82) is 0 Å². The number of aromatic nitrogens is 3. The molecule has 39 heavy (non-hydrogen) atoms. The van der Waals surface area contributed by atoms with Crippen LogP contribution in [0, 0.1) is 0 Å². The molecule has 0 aliphatic heterocycles. The van der Waals surface area contributed by atoms with E-state index in [9.17, 15) is 24.6 Å². The number of carbonyl (C=O) groups is 3. The molecule has 0 bridgehead atoms. The molecule has 0 saturated heterocycles. The maximum atomic E-state index is 12.4. The summed E-state index contributed by atoms with van der Waals surface area (Å²) in [6.07, 6.45) is 1.15. The lowest BCUT2D eigenvalue weighted by molar-refractivity contribution is -0.169. The van der Waals surface area contributed by atoms with Gasteiger partial charge in [0.15, 0.2) is 11.4 Å². The number of pyridine rings is 2. The van der Waals surface area contributed by atoms with Crippen molar-refractivity contribution in [3.05, 3.63) is 89.9 Å². The Balaban J connectivity index is 1.40. The van der Waals surface area contributed by atoms with Gasteiger partial charge in [-0.1, -0.05) is 35.5 Å². The molecule has 0 aliphatic rings. The summed E-state index contributed by atoms with van der Waals surface area (Å²) in [6, 6.07) is 17.9. The average molecular weight is 533 g/mol. The van der Waals surface area contributed by atoms with Gasteiger partial charge < -0.3 is 29.3 Å². The largest absolute Gasteiger partial charge is 0.481 e. The van der Waals surface area contributed by atoms with Crippen molar-refractivity contribution in [1.82, 2.24) is 15.1 Å². The molecule has 1 atom stereocenters. The number of aliphatic hydroxyl groups is 1. The van der Waals surface area contributed by atoms with Crippen LogP contribution < -0.4 is 9.47 Å². The number of benzene rings is 1. The van der Waals surface area contributed by atoms with Gasteiger partial charge in [0, 0.05) is 30.9 Å². The van der Waals surface area contributed by atoms with E-state index in [1.165, 1.54) is 6.20 Å². The highest BCUT2D eigenvalue weighted by Gasteiger charge is 2.41. The van der Waals surface area contributed by atoms with E-state index in [0.29, 0.717) is 24.6 Å². The van der Waals surface area contributed by atoms with Crippen LogP contribution in [0.25, 0.3) is 11.3 Å². The molecule has 4 aromatic rings. The third-order valence-corrected chi connectivity index (χ3v) is 5.52. The van der Waals surface area contributed by atoms with Crippen molar-refractivity contribution in [2.24, 2.45) is 0 Å². The monoisotopic (exact) mass is 533 g/mol. The van der Waals surface area contributed by atoms with E-state index in [-0.39, 0.29) is 17.2 Å². The number of ether oxygens (including phenoxy) is 2. The van der Waals surface area contributed by atoms with Gasteiger partial charge in [0.25, 0.3) is 0 Å². The third kappa shape index (κ3) is 7.23. The van der Waals surface area contributed by atoms with Crippen LogP contribution in [0.4, 0.5) is 0 Å². The van der Waals surface area contributed by atoms with Gasteiger partial charge in [0.2, 0.25) is 11.8 Å². The Hall–Kier alpha value is -5.10. The first-order valence-electron chi connectivity index (χ1n) is 11.6. The van der Waals surface area contributed by atoms with E-state index in [2.05, 4.69) is 15.1 Å². The van der Waals surface area contributed by atoms with E-state index in [1.54, 1.807) is 30.5 Å². The van der Waals surface area contributed by atoms with Gasteiger partial charge in [-0.25, -0.2) is 14.8 Å². The van der Waals surface area contributed by atoms with Crippen LogP contribution in [-0.2, 0) is 27.4 Å². The number of carboxylic acid groups (broad SMARTS) is 2. The van der Waals surface area contributed by atoms with Gasteiger partial charge in [-0.2, -0.15) is 0 Å². The molecule has 0 fully saturated rings. The highest BCUT2D eigenvalue weighted by molar-refractivity contribution is 5.89. The summed E-state index contributed by atoms with van der Waals surface area (Å²) in [5.41, 5.74) is -0.0721. The molecular formula is C27H23N3O9. The Morgan fingerprint density at radius 3 is 2.33 bits per heavy atom. The fourth-order valence-electron chi connectivity index (χ4n) is 3.58. The van der Waals surface area contributed by atoms with Gasteiger partial charge in [-0.15, -0.1) is 0 Å². The van der Waals surface area contributed by atoms with Gasteiger partial charge >= 0.3 is 17.9 Å². The van der Waals surface area contributed by atoms with E-state index >= 15 is 0 Å². The third-order valence-electron chi connectivity index (χ3n) is 5.52. The Morgan fingerprint density at radius 1 is 0.897 bits per heavy atom. The maximum absolute atomic E-state index is 12.4. The predicted octanol–water partition coefficient (Wildman–Crippen LogP) is 2.89.